The SMILES string of the molecule is CC1CC(C)CC(OC(=O)c2ccc3c(c2)CNC3)C1. The van der Waals surface area contributed by atoms with Gasteiger partial charge in [-0.25, -0.2) is 4.79 Å². The molecule has 2 aliphatic rings. The van der Waals surface area contributed by atoms with E-state index in [-0.39, 0.29) is 12.1 Å². The lowest BCUT2D eigenvalue weighted by atomic mass is 9.82. The van der Waals surface area contributed by atoms with Crippen LogP contribution in [0.4, 0.5) is 0 Å². The van der Waals surface area contributed by atoms with Crippen molar-refractivity contribution in [2.75, 3.05) is 0 Å². The van der Waals surface area contributed by atoms with E-state index in [4.69, 9.17) is 4.74 Å². The second-order valence-corrected chi connectivity index (χ2v) is 6.53. The molecule has 3 rings (SSSR count). The second-order valence-electron chi connectivity index (χ2n) is 6.53. The highest BCUT2D eigenvalue weighted by molar-refractivity contribution is 5.89. The van der Waals surface area contributed by atoms with Gasteiger partial charge < -0.3 is 10.1 Å². The number of carbonyl (C=O) groups excluding carboxylic acids is 1. The number of ether oxygens (including phenoxy) is 1. The summed E-state index contributed by atoms with van der Waals surface area (Å²) in [5, 5.41) is 3.29. The second kappa shape index (κ2) is 5.57. The van der Waals surface area contributed by atoms with Gasteiger partial charge >= 0.3 is 5.97 Å². The predicted molar refractivity (Wildman–Crippen MR) is 78.4 cm³/mol. The first-order valence-electron chi connectivity index (χ1n) is 7.65. The van der Waals surface area contributed by atoms with Crippen molar-refractivity contribution < 1.29 is 9.53 Å². The van der Waals surface area contributed by atoms with Crippen LogP contribution in [-0.4, -0.2) is 12.1 Å². The van der Waals surface area contributed by atoms with E-state index in [0.717, 1.165) is 25.9 Å². The third-order valence-electron chi connectivity index (χ3n) is 4.48. The Kier molecular flexibility index (Phi) is 3.79. The van der Waals surface area contributed by atoms with Crippen molar-refractivity contribution in [1.82, 2.24) is 5.32 Å². The Bertz CT molecular complexity index is 502. The molecule has 1 aromatic carbocycles. The van der Waals surface area contributed by atoms with Gasteiger partial charge in [-0.1, -0.05) is 19.9 Å². The number of benzene rings is 1. The van der Waals surface area contributed by atoms with Crippen molar-refractivity contribution in [2.45, 2.75) is 52.3 Å². The Hall–Kier alpha value is -1.35. The Labute approximate surface area is 120 Å². The van der Waals surface area contributed by atoms with E-state index in [0.29, 0.717) is 17.4 Å². The molecule has 1 fully saturated rings. The summed E-state index contributed by atoms with van der Waals surface area (Å²) < 4.78 is 5.72. The molecular formula is C17H23NO2. The van der Waals surface area contributed by atoms with Gasteiger partial charge in [-0.2, -0.15) is 0 Å². The number of hydrogen-bond acceptors (Lipinski definition) is 3. The standard InChI is InChI=1S/C17H23NO2/c1-11-5-12(2)7-16(6-11)20-17(19)13-3-4-14-9-18-10-15(14)8-13/h3-4,8,11-12,16,18H,5-7,9-10H2,1-2H3. The third kappa shape index (κ3) is 2.88. The van der Waals surface area contributed by atoms with Crippen LogP contribution in [0.3, 0.4) is 0 Å². The minimum Gasteiger partial charge on any atom is -0.459 e. The van der Waals surface area contributed by atoms with Crippen molar-refractivity contribution in [3.63, 3.8) is 0 Å². The van der Waals surface area contributed by atoms with E-state index in [1.54, 1.807) is 0 Å². The molecule has 0 spiro atoms. The topological polar surface area (TPSA) is 38.3 Å². The first-order valence-corrected chi connectivity index (χ1v) is 7.65. The summed E-state index contributed by atoms with van der Waals surface area (Å²) in [5.74, 6) is 1.15. The lowest BCUT2D eigenvalue weighted by molar-refractivity contribution is 0.00805. The molecule has 1 heterocycles. The smallest absolute Gasteiger partial charge is 0.338 e. The minimum atomic E-state index is -0.161. The molecule has 3 nitrogen and oxygen atoms in total. The summed E-state index contributed by atoms with van der Waals surface area (Å²) in [7, 11) is 0. The van der Waals surface area contributed by atoms with Gasteiger partial charge in [0.2, 0.25) is 0 Å². The molecule has 108 valence electrons. The first-order chi connectivity index (χ1) is 9.61. The molecule has 0 aromatic heterocycles. The normalized spacial score (nSPS) is 29.0. The zero-order valence-electron chi connectivity index (χ0n) is 12.3. The molecule has 0 saturated heterocycles. The highest BCUT2D eigenvalue weighted by atomic mass is 16.5. The van der Waals surface area contributed by atoms with E-state index in [2.05, 4.69) is 19.2 Å². The Morgan fingerprint density at radius 3 is 2.55 bits per heavy atom. The highest BCUT2D eigenvalue weighted by Crippen LogP contribution is 2.31. The zero-order chi connectivity index (χ0) is 14.1. The Morgan fingerprint density at radius 1 is 1.10 bits per heavy atom. The number of esters is 1. The summed E-state index contributed by atoms with van der Waals surface area (Å²) in [5.41, 5.74) is 3.21. The quantitative estimate of drug-likeness (QED) is 0.840. The Balaban J connectivity index is 1.67. The molecule has 3 heteroatoms. The van der Waals surface area contributed by atoms with Crippen LogP contribution in [0.2, 0.25) is 0 Å². The maximum absolute atomic E-state index is 12.3. The van der Waals surface area contributed by atoms with Gasteiger partial charge in [0.1, 0.15) is 6.10 Å². The number of carbonyl (C=O) groups is 1. The molecule has 0 radical (unpaired) electrons. The van der Waals surface area contributed by atoms with Crippen LogP contribution in [0.5, 0.6) is 0 Å². The van der Waals surface area contributed by atoms with Gasteiger partial charge in [0, 0.05) is 13.1 Å². The van der Waals surface area contributed by atoms with Crippen LogP contribution in [0, 0.1) is 11.8 Å². The van der Waals surface area contributed by atoms with Gasteiger partial charge in [0.25, 0.3) is 0 Å². The number of fused-ring (bicyclic) bond motifs is 1. The maximum Gasteiger partial charge on any atom is 0.338 e. The molecule has 20 heavy (non-hydrogen) atoms. The number of hydrogen-bond donors (Lipinski definition) is 1. The highest BCUT2D eigenvalue weighted by Gasteiger charge is 2.27. The molecular weight excluding hydrogens is 250 g/mol. The van der Waals surface area contributed by atoms with Crippen molar-refractivity contribution >= 4 is 5.97 Å². The lowest BCUT2D eigenvalue weighted by Gasteiger charge is -2.31. The van der Waals surface area contributed by atoms with Crippen LogP contribution in [-0.2, 0) is 17.8 Å². The Morgan fingerprint density at radius 2 is 1.80 bits per heavy atom. The van der Waals surface area contributed by atoms with Gasteiger partial charge in [0.05, 0.1) is 5.56 Å². The van der Waals surface area contributed by atoms with Crippen molar-refractivity contribution in [2.24, 2.45) is 11.8 Å². The molecule has 0 bridgehead atoms. The maximum atomic E-state index is 12.3. The predicted octanol–water partition coefficient (Wildman–Crippen LogP) is 3.27. The number of rotatable bonds is 2. The van der Waals surface area contributed by atoms with E-state index < -0.39 is 0 Å². The fourth-order valence-electron chi connectivity index (χ4n) is 3.61. The average molecular weight is 273 g/mol. The van der Waals surface area contributed by atoms with E-state index >= 15 is 0 Å². The van der Waals surface area contributed by atoms with Crippen LogP contribution in [0.15, 0.2) is 18.2 Å². The van der Waals surface area contributed by atoms with Gasteiger partial charge in [-0.3, -0.25) is 0 Å². The fraction of sp³-hybridized carbons (Fsp3) is 0.588. The van der Waals surface area contributed by atoms with Crippen molar-refractivity contribution in [1.29, 1.82) is 0 Å². The van der Waals surface area contributed by atoms with E-state index in [9.17, 15) is 4.79 Å². The minimum absolute atomic E-state index is 0.0904. The van der Waals surface area contributed by atoms with Gasteiger partial charge in [-0.05, 0) is 54.4 Å². The van der Waals surface area contributed by atoms with Gasteiger partial charge in [-0.15, -0.1) is 0 Å². The van der Waals surface area contributed by atoms with Gasteiger partial charge in [0.15, 0.2) is 0 Å². The summed E-state index contributed by atoms with van der Waals surface area (Å²) >= 11 is 0. The van der Waals surface area contributed by atoms with Crippen LogP contribution >= 0.6 is 0 Å². The third-order valence-corrected chi connectivity index (χ3v) is 4.48. The number of nitrogens with one attached hydrogen (secondary N) is 1. The molecule has 2 atom stereocenters. The van der Waals surface area contributed by atoms with Crippen LogP contribution in [0.1, 0.15) is 54.6 Å². The summed E-state index contributed by atoms with van der Waals surface area (Å²) in [6.45, 7) is 6.26. The molecule has 0 amide bonds. The molecule has 1 N–H and O–H groups in total. The van der Waals surface area contributed by atoms with Crippen molar-refractivity contribution in [3.8, 4) is 0 Å². The zero-order valence-corrected chi connectivity index (χ0v) is 12.3. The van der Waals surface area contributed by atoms with E-state index in [1.165, 1.54) is 17.5 Å². The van der Waals surface area contributed by atoms with Crippen LogP contribution in [0.25, 0.3) is 0 Å². The molecule has 1 aromatic rings. The molecule has 2 unspecified atom stereocenters. The molecule has 1 saturated carbocycles. The lowest BCUT2D eigenvalue weighted by Crippen LogP contribution is -2.28. The monoisotopic (exact) mass is 273 g/mol. The first kappa shape index (κ1) is 13.6. The largest absolute Gasteiger partial charge is 0.459 e. The molecule has 1 aliphatic carbocycles. The van der Waals surface area contributed by atoms with Crippen molar-refractivity contribution in [3.05, 3.63) is 34.9 Å². The van der Waals surface area contributed by atoms with E-state index in [1.807, 2.05) is 18.2 Å². The molecule has 1 aliphatic heterocycles. The summed E-state index contributed by atoms with van der Waals surface area (Å²) in [4.78, 5) is 12.3. The average Bonchev–Trinajstić information content (AvgIpc) is 2.84. The van der Waals surface area contributed by atoms with Crippen LogP contribution < -0.4 is 5.32 Å². The summed E-state index contributed by atoms with van der Waals surface area (Å²) in [6, 6.07) is 5.91. The summed E-state index contributed by atoms with van der Waals surface area (Å²) in [6.07, 6.45) is 3.34. The fourth-order valence-corrected chi connectivity index (χ4v) is 3.61.